The van der Waals surface area contributed by atoms with Crippen molar-refractivity contribution in [2.24, 2.45) is 5.10 Å². The van der Waals surface area contributed by atoms with Crippen LogP contribution in [0.2, 0.25) is 0 Å². The molecular formula is C19H27N3O4. The molecule has 26 heavy (non-hydrogen) atoms. The number of amides is 2. The number of para-hydroxylation sites is 1. The maximum Gasteiger partial charge on any atom is 0.259 e. The number of hydrogen-bond donors (Lipinski definition) is 1. The van der Waals surface area contributed by atoms with Gasteiger partial charge in [0.1, 0.15) is 6.54 Å². The van der Waals surface area contributed by atoms with Gasteiger partial charge in [0.25, 0.3) is 5.91 Å². The quantitative estimate of drug-likeness (QED) is 0.597. The highest BCUT2D eigenvalue weighted by Crippen LogP contribution is 2.30. The molecule has 1 aromatic carbocycles. The van der Waals surface area contributed by atoms with Gasteiger partial charge in [0.05, 0.1) is 19.4 Å². The van der Waals surface area contributed by atoms with Crippen molar-refractivity contribution < 1.29 is 19.1 Å². The Morgan fingerprint density at radius 3 is 2.88 bits per heavy atom. The molecule has 0 spiro atoms. The fourth-order valence-electron chi connectivity index (χ4n) is 2.75. The van der Waals surface area contributed by atoms with Gasteiger partial charge in [0.2, 0.25) is 5.91 Å². The lowest BCUT2D eigenvalue weighted by atomic mass is 10.2. The van der Waals surface area contributed by atoms with E-state index in [1.807, 2.05) is 26.0 Å². The third kappa shape index (κ3) is 5.75. The molecule has 142 valence electrons. The molecule has 1 aromatic rings. The molecule has 7 heteroatoms. The van der Waals surface area contributed by atoms with Crippen molar-refractivity contribution in [2.75, 3.05) is 20.2 Å². The first-order valence-corrected chi connectivity index (χ1v) is 8.94. The molecule has 7 nitrogen and oxygen atoms in total. The number of ether oxygens (including phenoxy) is 2. The number of nitrogens with one attached hydrogen (secondary N) is 1. The zero-order valence-electron chi connectivity index (χ0n) is 15.7. The second-order valence-electron chi connectivity index (χ2n) is 6.46. The van der Waals surface area contributed by atoms with Gasteiger partial charge in [-0.1, -0.05) is 12.5 Å². The Hall–Kier alpha value is -2.57. The minimum Gasteiger partial charge on any atom is -0.493 e. The molecule has 2 rings (SSSR count). The topological polar surface area (TPSA) is 80.2 Å². The Balaban J connectivity index is 1.99. The minimum absolute atomic E-state index is 0.0258. The first-order chi connectivity index (χ1) is 12.5. The summed E-state index contributed by atoms with van der Waals surface area (Å²) in [7, 11) is 1.57. The fourth-order valence-corrected chi connectivity index (χ4v) is 2.75. The molecule has 1 fully saturated rings. The molecule has 0 aliphatic carbocycles. The van der Waals surface area contributed by atoms with Crippen LogP contribution in [0.1, 0.15) is 45.1 Å². The molecule has 1 aliphatic rings. The van der Waals surface area contributed by atoms with Crippen LogP contribution < -0.4 is 14.9 Å². The van der Waals surface area contributed by atoms with Gasteiger partial charge in [-0.15, -0.1) is 0 Å². The molecule has 1 N–H and O–H groups in total. The molecule has 0 aromatic heterocycles. The second-order valence-corrected chi connectivity index (χ2v) is 6.46. The summed E-state index contributed by atoms with van der Waals surface area (Å²) in [5, 5.41) is 4.00. The minimum atomic E-state index is -0.314. The molecular weight excluding hydrogens is 334 g/mol. The Morgan fingerprint density at radius 2 is 2.15 bits per heavy atom. The van der Waals surface area contributed by atoms with Gasteiger partial charge in [-0.25, -0.2) is 5.43 Å². The van der Waals surface area contributed by atoms with E-state index >= 15 is 0 Å². The molecule has 0 unspecified atom stereocenters. The summed E-state index contributed by atoms with van der Waals surface area (Å²) in [6.45, 7) is 4.50. The number of likely N-dealkylation sites (tertiary alicyclic amines) is 1. The van der Waals surface area contributed by atoms with E-state index in [-0.39, 0.29) is 24.5 Å². The van der Waals surface area contributed by atoms with Gasteiger partial charge in [-0.2, -0.15) is 5.10 Å². The van der Waals surface area contributed by atoms with Crippen LogP contribution in [0.5, 0.6) is 11.5 Å². The van der Waals surface area contributed by atoms with Gasteiger partial charge in [-0.05, 0) is 38.8 Å². The largest absolute Gasteiger partial charge is 0.493 e. The fraction of sp³-hybridized carbons (Fsp3) is 0.526. The third-order valence-electron chi connectivity index (χ3n) is 3.98. The van der Waals surface area contributed by atoms with Crippen LogP contribution in [0.3, 0.4) is 0 Å². The van der Waals surface area contributed by atoms with E-state index in [4.69, 9.17) is 9.47 Å². The van der Waals surface area contributed by atoms with E-state index in [9.17, 15) is 9.59 Å². The van der Waals surface area contributed by atoms with Crippen molar-refractivity contribution in [3.63, 3.8) is 0 Å². The van der Waals surface area contributed by atoms with E-state index in [0.29, 0.717) is 30.0 Å². The van der Waals surface area contributed by atoms with Gasteiger partial charge < -0.3 is 14.4 Å². The normalized spacial score (nSPS) is 15.2. The van der Waals surface area contributed by atoms with Crippen LogP contribution in [0.25, 0.3) is 0 Å². The van der Waals surface area contributed by atoms with Crippen LogP contribution >= 0.6 is 0 Å². The van der Waals surface area contributed by atoms with Crippen molar-refractivity contribution in [1.82, 2.24) is 10.3 Å². The monoisotopic (exact) mass is 361 g/mol. The summed E-state index contributed by atoms with van der Waals surface area (Å²) >= 11 is 0. The Morgan fingerprint density at radius 1 is 1.35 bits per heavy atom. The lowest BCUT2D eigenvalue weighted by Gasteiger charge is -2.19. The highest BCUT2D eigenvalue weighted by atomic mass is 16.5. The van der Waals surface area contributed by atoms with E-state index in [1.165, 1.54) is 6.21 Å². The van der Waals surface area contributed by atoms with Crippen LogP contribution in [0.4, 0.5) is 0 Å². The number of carbonyl (C=O) groups is 2. The summed E-state index contributed by atoms with van der Waals surface area (Å²) in [5.74, 6) is 0.891. The van der Waals surface area contributed by atoms with Crippen LogP contribution in [0, 0.1) is 0 Å². The number of rotatable bonds is 7. The molecule has 0 bridgehead atoms. The lowest BCUT2D eigenvalue weighted by Crippen LogP contribution is -2.39. The molecule has 1 saturated heterocycles. The van der Waals surface area contributed by atoms with Crippen molar-refractivity contribution in [3.8, 4) is 11.5 Å². The SMILES string of the molecule is COc1cccc(/C=N\NC(=O)CN2CCCCCC2=O)c1OC(C)C. The Labute approximate surface area is 154 Å². The molecule has 0 saturated carbocycles. The van der Waals surface area contributed by atoms with E-state index in [2.05, 4.69) is 10.5 Å². The molecule has 0 atom stereocenters. The highest BCUT2D eigenvalue weighted by Gasteiger charge is 2.19. The van der Waals surface area contributed by atoms with Crippen LogP contribution in [0.15, 0.2) is 23.3 Å². The summed E-state index contributed by atoms with van der Waals surface area (Å²) in [6.07, 6.45) is 4.85. The number of methoxy groups -OCH3 is 1. The number of hydrazone groups is 1. The van der Waals surface area contributed by atoms with Crippen molar-refractivity contribution in [3.05, 3.63) is 23.8 Å². The highest BCUT2D eigenvalue weighted by molar-refractivity contribution is 5.88. The third-order valence-corrected chi connectivity index (χ3v) is 3.98. The molecule has 2 amide bonds. The first kappa shape index (κ1) is 19.8. The van der Waals surface area contributed by atoms with Crippen LogP contribution in [-0.2, 0) is 9.59 Å². The standard InChI is InChI=1S/C19H27N3O4/c1-14(2)26-19-15(8-7-9-16(19)25-3)12-20-21-17(23)13-22-11-6-4-5-10-18(22)24/h7-9,12,14H,4-6,10-11,13H2,1-3H3,(H,21,23)/b20-12-. The van der Waals surface area contributed by atoms with Gasteiger partial charge in [0, 0.05) is 18.5 Å². The maximum atomic E-state index is 12.1. The summed E-state index contributed by atoms with van der Waals surface area (Å²) < 4.78 is 11.1. The van der Waals surface area contributed by atoms with E-state index in [1.54, 1.807) is 18.1 Å². The number of nitrogens with zero attached hydrogens (tertiary/aromatic N) is 2. The van der Waals surface area contributed by atoms with Crippen molar-refractivity contribution >= 4 is 18.0 Å². The van der Waals surface area contributed by atoms with E-state index < -0.39 is 0 Å². The van der Waals surface area contributed by atoms with Crippen molar-refractivity contribution in [2.45, 2.75) is 45.6 Å². The zero-order valence-corrected chi connectivity index (χ0v) is 15.7. The molecule has 0 radical (unpaired) electrons. The van der Waals surface area contributed by atoms with Crippen LogP contribution in [-0.4, -0.2) is 49.2 Å². The number of hydrogen-bond acceptors (Lipinski definition) is 5. The Bertz CT molecular complexity index is 658. The zero-order chi connectivity index (χ0) is 18.9. The summed E-state index contributed by atoms with van der Waals surface area (Å²) in [5.41, 5.74) is 3.18. The maximum absolute atomic E-state index is 12.1. The van der Waals surface area contributed by atoms with Gasteiger partial charge in [0.15, 0.2) is 11.5 Å². The number of carbonyl (C=O) groups excluding carboxylic acids is 2. The molecule has 1 heterocycles. The predicted octanol–water partition coefficient (Wildman–Crippen LogP) is 2.34. The van der Waals surface area contributed by atoms with E-state index in [0.717, 1.165) is 19.3 Å². The average Bonchev–Trinajstić information content (AvgIpc) is 2.80. The summed E-state index contributed by atoms with van der Waals surface area (Å²) in [6, 6.07) is 5.46. The Kier molecular flexibility index (Phi) is 7.44. The average molecular weight is 361 g/mol. The van der Waals surface area contributed by atoms with Gasteiger partial charge in [-0.3, -0.25) is 9.59 Å². The first-order valence-electron chi connectivity index (χ1n) is 8.94. The predicted molar refractivity (Wildman–Crippen MR) is 99.5 cm³/mol. The summed E-state index contributed by atoms with van der Waals surface area (Å²) in [4.78, 5) is 25.6. The second kappa shape index (κ2) is 9.79. The lowest BCUT2D eigenvalue weighted by molar-refractivity contribution is -0.135. The van der Waals surface area contributed by atoms with Crippen molar-refractivity contribution in [1.29, 1.82) is 0 Å². The number of benzene rings is 1. The smallest absolute Gasteiger partial charge is 0.259 e. The molecule has 1 aliphatic heterocycles. The van der Waals surface area contributed by atoms with Gasteiger partial charge >= 0.3 is 0 Å².